The molecular formula is C4H12AsNO3S. The normalized spacial score (nSPS) is 16.3. The van der Waals surface area contributed by atoms with E-state index in [1.165, 1.54) is 6.92 Å². The van der Waals surface area contributed by atoms with Crippen LogP contribution in [0.4, 0.5) is 0 Å². The van der Waals surface area contributed by atoms with Crippen LogP contribution >= 0.6 is 0 Å². The second-order valence-electron chi connectivity index (χ2n) is 1.90. The molecule has 0 saturated heterocycles. The molecule has 62 valence electrons. The number of hydrogen-bond donors (Lipinski definition) is 2. The molecule has 0 aliphatic heterocycles. The Morgan fingerprint density at radius 3 is 2.50 bits per heavy atom. The van der Waals surface area contributed by atoms with Gasteiger partial charge in [0, 0.05) is 0 Å². The van der Waals surface area contributed by atoms with Crippen molar-refractivity contribution in [3.8, 4) is 0 Å². The Morgan fingerprint density at radius 1 is 1.70 bits per heavy atom. The van der Waals surface area contributed by atoms with Gasteiger partial charge in [0.25, 0.3) is 0 Å². The van der Waals surface area contributed by atoms with Crippen molar-refractivity contribution < 1.29 is 13.0 Å². The average molecular weight is 229 g/mol. The second-order valence-corrected chi connectivity index (χ2v) is 8.24. The zero-order chi connectivity index (χ0) is 8.20. The Morgan fingerprint density at radius 2 is 2.20 bits per heavy atom. The van der Waals surface area contributed by atoms with E-state index in [0.717, 1.165) is 5.21 Å². The first-order valence-electron chi connectivity index (χ1n) is 2.88. The van der Waals surface area contributed by atoms with Crippen LogP contribution in [0.1, 0.15) is 6.92 Å². The van der Waals surface area contributed by atoms with Gasteiger partial charge in [0.05, 0.1) is 0 Å². The van der Waals surface area contributed by atoms with E-state index in [4.69, 9.17) is 10.3 Å². The third kappa shape index (κ3) is 4.28. The van der Waals surface area contributed by atoms with Crippen LogP contribution in [0.15, 0.2) is 0 Å². The molecule has 0 fully saturated rings. The summed E-state index contributed by atoms with van der Waals surface area (Å²) in [4.78, 5) is 0. The van der Waals surface area contributed by atoms with Gasteiger partial charge in [-0.3, -0.25) is 0 Å². The summed E-state index contributed by atoms with van der Waals surface area (Å²) in [6.07, 6.45) is 0. The monoisotopic (exact) mass is 229 g/mol. The summed E-state index contributed by atoms with van der Waals surface area (Å²) in [7, 11) is -3.78. The van der Waals surface area contributed by atoms with E-state index in [2.05, 4.69) is 0 Å². The molecule has 0 aliphatic carbocycles. The molecular weight excluding hydrogens is 217 g/mol. The molecule has 0 aromatic rings. The first-order valence-corrected chi connectivity index (χ1v) is 7.08. The molecule has 0 aliphatic rings. The summed E-state index contributed by atoms with van der Waals surface area (Å²) in [5.41, 5.74) is 5.17. The van der Waals surface area contributed by atoms with Crippen LogP contribution in [0.3, 0.4) is 0 Å². The summed E-state index contributed by atoms with van der Waals surface area (Å²) in [6, 6.07) is 0. The van der Waals surface area contributed by atoms with E-state index in [-0.39, 0.29) is 0 Å². The number of hydrogen-bond acceptors (Lipinski definition) is 3. The van der Waals surface area contributed by atoms with Crippen molar-refractivity contribution in [2.24, 2.45) is 5.73 Å². The van der Waals surface area contributed by atoms with Crippen molar-refractivity contribution in [3.63, 3.8) is 0 Å². The fourth-order valence-corrected chi connectivity index (χ4v) is 3.74. The molecule has 0 aromatic carbocycles. The SMILES string of the molecule is CC([AsH]CCN)S(=O)(=O)O. The number of rotatable bonds is 4. The van der Waals surface area contributed by atoms with Crippen LogP contribution in [0, 0.1) is 0 Å². The molecule has 0 radical (unpaired) electrons. The summed E-state index contributed by atoms with van der Waals surface area (Å²) in [6.45, 7) is 2.03. The minimum absolute atomic E-state index is 0.514. The topological polar surface area (TPSA) is 80.4 Å². The molecule has 0 rings (SSSR count). The molecule has 10 heavy (non-hydrogen) atoms. The molecule has 3 N–H and O–H groups in total. The third-order valence-corrected chi connectivity index (χ3v) is 7.07. The van der Waals surface area contributed by atoms with Gasteiger partial charge in [0.1, 0.15) is 0 Å². The zero-order valence-corrected chi connectivity index (χ0v) is 8.66. The fraction of sp³-hybridized carbons (Fsp3) is 1.00. The first-order chi connectivity index (χ1) is 4.48. The van der Waals surface area contributed by atoms with Crippen LogP contribution in [-0.4, -0.2) is 39.3 Å². The Hall–Kier alpha value is 0.428. The van der Waals surface area contributed by atoms with E-state index < -0.39 is 29.9 Å². The summed E-state index contributed by atoms with van der Waals surface area (Å²) in [5.74, 6) is 0. The Balaban J connectivity index is 3.75. The zero-order valence-electron chi connectivity index (χ0n) is 5.74. The van der Waals surface area contributed by atoms with Gasteiger partial charge in [-0.1, -0.05) is 0 Å². The van der Waals surface area contributed by atoms with E-state index in [0.29, 0.717) is 6.54 Å². The van der Waals surface area contributed by atoms with Crippen LogP contribution in [0.5, 0.6) is 0 Å². The van der Waals surface area contributed by atoms with Crippen LogP contribution in [0.2, 0.25) is 5.21 Å². The molecule has 2 unspecified atom stereocenters. The summed E-state index contributed by atoms with van der Waals surface area (Å²) in [5, 5.41) is 0.751. The van der Waals surface area contributed by atoms with Crippen LogP contribution < -0.4 is 5.73 Å². The Labute approximate surface area is 67.6 Å². The standard InChI is InChI=1S/C4H12AsNO3S/c1-4(5-2-3-6)10(7,8)9/h4-5H,2-3,6H2,1H3,(H,7,8,9). The van der Waals surface area contributed by atoms with Gasteiger partial charge in [-0.25, -0.2) is 0 Å². The van der Waals surface area contributed by atoms with E-state index >= 15 is 0 Å². The maximum atomic E-state index is 10.4. The molecule has 0 amide bonds. The van der Waals surface area contributed by atoms with Gasteiger partial charge in [0.2, 0.25) is 0 Å². The van der Waals surface area contributed by atoms with E-state index in [1.807, 2.05) is 0 Å². The van der Waals surface area contributed by atoms with Crippen molar-refractivity contribution in [1.82, 2.24) is 0 Å². The van der Waals surface area contributed by atoms with Crippen molar-refractivity contribution >= 4 is 25.9 Å². The molecule has 0 saturated carbocycles. The van der Waals surface area contributed by atoms with E-state index in [9.17, 15) is 8.42 Å². The van der Waals surface area contributed by atoms with Gasteiger partial charge in [-0.2, -0.15) is 0 Å². The predicted octanol–water partition coefficient (Wildman–Crippen LogP) is -0.966. The molecule has 0 heterocycles. The predicted molar refractivity (Wildman–Crippen MR) is 42.0 cm³/mol. The molecule has 0 spiro atoms. The van der Waals surface area contributed by atoms with Crippen molar-refractivity contribution in [1.29, 1.82) is 0 Å². The third-order valence-electron chi connectivity index (χ3n) is 1.02. The van der Waals surface area contributed by atoms with E-state index in [1.54, 1.807) is 0 Å². The summed E-state index contributed by atoms with van der Waals surface area (Å²) < 4.78 is 28.7. The average Bonchev–Trinajstić information content (AvgIpc) is 1.80. The molecule has 6 heteroatoms. The van der Waals surface area contributed by atoms with Gasteiger partial charge in [-0.05, 0) is 0 Å². The van der Waals surface area contributed by atoms with Gasteiger partial charge in [-0.15, -0.1) is 0 Å². The van der Waals surface area contributed by atoms with Crippen LogP contribution in [0.25, 0.3) is 0 Å². The molecule has 2 atom stereocenters. The van der Waals surface area contributed by atoms with Gasteiger partial charge < -0.3 is 0 Å². The Bertz CT molecular complexity index is 179. The minimum atomic E-state index is -3.78. The van der Waals surface area contributed by atoms with Crippen molar-refractivity contribution in [2.45, 2.75) is 16.2 Å². The van der Waals surface area contributed by atoms with Crippen molar-refractivity contribution in [2.75, 3.05) is 6.54 Å². The fourth-order valence-electron chi connectivity index (χ4n) is 0.392. The van der Waals surface area contributed by atoms with Gasteiger partial charge in [0.15, 0.2) is 0 Å². The van der Waals surface area contributed by atoms with Crippen LogP contribution in [-0.2, 0) is 10.1 Å². The quantitative estimate of drug-likeness (QED) is 0.480. The maximum absolute atomic E-state index is 10.4. The molecule has 0 bridgehead atoms. The first kappa shape index (κ1) is 10.4. The second kappa shape index (κ2) is 4.34. The van der Waals surface area contributed by atoms with Gasteiger partial charge >= 0.3 is 67.3 Å². The Kier molecular flexibility index (Phi) is 4.52. The summed E-state index contributed by atoms with van der Waals surface area (Å²) >= 11 is -0.616. The van der Waals surface area contributed by atoms with Crippen molar-refractivity contribution in [3.05, 3.63) is 0 Å². The molecule has 4 nitrogen and oxygen atoms in total. The number of nitrogens with two attached hydrogens (primary N) is 1. The molecule has 0 aromatic heterocycles.